The Balaban J connectivity index is 2.46. The van der Waals surface area contributed by atoms with E-state index in [9.17, 15) is 4.79 Å². The summed E-state index contributed by atoms with van der Waals surface area (Å²) in [7, 11) is 3.68. The van der Waals surface area contributed by atoms with Crippen molar-refractivity contribution in [2.45, 2.75) is 6.42 Å². The minimum absolute atomic E-state index is 0.0355. The van der Waals surface area contributed by atoms with Crippen molar-refractivity contribution in [2.75, 3.05) is 27.2 Å². The summed E-state index contributed by atoms with van der Waals surface area (Å²) in [6, 6.07) is 0. The number of hydrogen-bond acceptors (Lipinski definition) is 4. The molecule has 0 saturated carbocycles. The Morgan fingerprint density at radius 2 is 2.13 bits per heavy atom. The van der Waals surface area contributed by atoms with Gasteiger partial charge in [0.1, 0.15) is 6.33 Å². The normalized spacial score (nSPS) is 10.0. The van der Waals surface area contributed by atoms with E-state index >= 15 is 0 Å². The van der Waals surface area contributed by atoms with Crippen LogP contribution < -0.4 is 5.32 Å². The van der Waals surface area contributed by atoms with Gasteiger partial charge in [-0.05, 0) is 20.0 Å². The fraction of sp³-hybridized carbons (Fsp3) is 0.500. The van der Waals surface area contributed by atoms with Crippen LogP contribution in [0.4, 0.5) is 0 Å². The van der Waals surface area contributed by atoms with Crippen LogP contribution in [0.2, 0.25) is 0 Å². The fourth-order valence-corrected chi connectivity index (χ4v) is 1.22. The second kappa shape index (κ2) is 6.08. The zero-order chi connectivity index (χ0) is 11.1. The maximum atomic E-state index is 11.8. The molecule has 1 aromatic heterocycles. The molecule has 1 N–H and O–H groups in total. The Labute approximate surface area is 89.5 Å². The molecular formula is C10H16N4O. The zero-order valence-corrected chi connectivity index (χ0v) is 9.10. The molecule has 1 rings (SSSR count). The average molecular weight is 208 g/mol. The van der Waals surface area contributed by atoms with Gasteiger partial charge >= 0.3 is 0 Å². The SMILES string of the molecule is CNCCCN(C)C(=O)c1cncnc1. The Morgan fingerprint density at radius 1 is 1.47 bits per heavy atom. The second-order valence-corrected chi connectivity index (χ2v) is 3.31. The molecule has 0 saturated heterocycles. The first-order valence-electron chi connectivity index (χ1n) is 4.90. The number of hydrogen-bond donors (Lipinski definition) is 1. The fourth-order valence-electron chi connectivity index (χ4n) is 1.22. The summed E-state index contributed by atoms with van der Waals surface area (Å²) in [6.07, 6.45) is 5.41. The molecule has 5 nitrogen and oxygen atoms in total. The van der Waals surface area contributed by atoms with Gasteiger partial charge in [-0.25, -0.2) is 9.97 Å². The second-order valence-electron chi connectivity index (χ2n) is 3.31. The quantitative estimate of drug-likeness (QED) is 0.700. The van der Waals surface area contributed by atoms with Gasteiger partial charge in [0.15, 0.2) is 0 Å². The van der Waals surface area contributed by atoms with Crippen LogP contribution in [0.5, 0.6) is 0 Å². The van der Waals surface area contributed by atoms with Gasteiger partial charge in [0, 0.05) is 26.0 Å². The highest BCUT2D eigenvalue weighted by Crippen LogP contribution is 1.99. The van der Waals surface area contributed by atoms with Crippen molar-refractivity contribution in [1.82, 2.24) is 20.2 Å². The first-order chi connectivity index (χ1) is 7.25. The molecular weight excluding hydrogens is 192 g/mol. The van der Waals surface area contributed by atoms with Crippen molar-refractivity contribution in [3.05, 3.63) is 24.3 Å². The first-order valence-corrected chi connectivity index (χ1v) is 4.90. The van der Waals surface area contributed by atoms with Crippen LogP contribution in [-0.4, -0.2) is 48.0 Å². The predicted molar refractivity (Wildman–Crippen MR) is 57.5 cm³/mol. The standard InChI is InChI=1S/C10H16N4O/c1-11-4-3-5-14(2)10(15)9-6-12-8-13-7-9/h6-8,11H,3-5H2,1-2H3. The van der Waals surface area contributed by atoms with Crippen molar-refractivity contribution in [3.8, 4) is 0 Å². The number of nitrogens with zero attached hydrogens (tertiary/aromatic N) is 3. The molecule has 1 heterocycles. The molecule has 1 amide bonds. The number of carbonyl (C=O) groups excluding carboxylic acids is 1. The summed E-state index contributed by atoms with van der Waals surface area (Å²) in [4.78, 5) is 21.1. The number of nitrogens with one attached hydrogen (secondary N) is 1. The van der Waals surface area contributed by atoms with Gasteiger partial charge < -0.3 is 10.2 Å². The molecule has 82 valence electrons. The van der Waals surface area contributed by atoms with E-state index in [1.54, 1.807) is 11.9 Å². The van der Waals surface area contributed by atoms with Crippen LogP contribution in [-0.2, 0) is 0 Å². The van der Waals surface area contributed by atoms with Gasteiger partial charge in [-0.1, -0.05) is 0 Å². The molecule has 0 aliphatic rings. The third-order valence-electron chi connectivity index (χ3n) is 2.07. The van der Waals surface area contributed by atoms with Crippen molar-refractivity contribution in [3.63, 3.8) is 0 Å². The summed E-state index contributed by atoms with van der Waals surface area (Å²) in [5, 5.41) is 3.04. The van der Waals surface area contributed by atoms with Gasteiger partial charge in [-0.3, -0.25) is 4.79 Å². The van der Waals surface area contributed by atoms with E-state index in [2.05, 4.69) is 15.3 Å². The molecule has 0 aliphatic heterocycles. The zero-order valence-electron chi connectivity index (χ0n) is 9.10. The Hall–Kier alpha value is -1.49. The summed E-state index contributed by atoms with van der Waals surface area (Å²) < 4.78 is 0. The van der Waals surface area contributed by atoms with Crippen LogP contribution in [0.3, 0.4) is 0 Å². The lowest BCUT2D eigenvalue weighted by molar-refractivity contribution is 0.0793. The molecule has 0 aliphatic carbocycles. The molecule has 0 fully saturated rings. The van der Waals surface area contributed by atoms with E-state index in [0.717, 1.165) is 19.5 Å². The van der Waals surface area contributed by atoms with E-state index in [1.165, 1.54) is 18.7 Å². The molecule has 1 aromatic rings. The third-order valence-corrected chi connectivity index (χ3v) is 2.07. The highest BCUT2D eigenvalue weighted by atomic mass is 16.2. The van der Waals surface area contributed by atoms with Crippen LogP contribution in [0.25, 0.3) is 0 Å². The first kappa shape index (κ1) is 11.6. The number of amides is 1. The minimum atomic E-state index is -0.0355. The highest BCUT2D eigenvalue weighted by molar-refractivity contribution is 5.93. The van der Waals surface area contributed by atoms with Crippen LogP contribution in [0.15, 0.2) is 18.7 Å². The van der Waals surface area contributed by atoms with E-state index in [1.807, 2.05) is 7.05 Å². The highest BCUT2D eigenvalue weighted by Gasteiger charge is 2.10. The monoisotopic (exact) mass is 208 g/mol. The summed E-state index contributed by atoms with van der Waals surface area (Å²) in [6.45, 7) is 1.64. The molecule has 0 aromatic carbocycles. The lowest BCUT2D eigenvalue weighted by Crippen LogP contribution is -2.29. The summed E-state index contributed by atoms with van der Waals surface area (Å²) in [5.41, 5.74) is 0.532. The van der Waals surface area contributed by atoms with Crippen LogP contribution >= 0.6 is 0 Å². The molecule has 0 bridgehead atoms. The van der Waals surface area contributed by atoms with Crippen LogP contribution in [0.1, 0.15) is 16.8 Å². The van der Waals surface area contributed by atoms with Gasteiger partial charge in [0.25, 0.3) is 5.91 Å². The van der Waals surface area contributed by atoms with Gasteiger partial charge in [-0.2, -0.15) is 0 Å². The van der Waals surface area contributed by atoms with E-state index in [-0.39, 0.29) is 5.91 Å². The molecule has 0 unspecified atom stereocenters. The van der Waals surface area contributed by atoms with Crippen LogP contribution in [0, 0.1) is 0 Å². The van der Waals surface area contributed by atoms with Crippen molar-refractivity contribution in [1.29, 1.82) is 0 Å². The largest absolute Gasteiger partial charge is 0.342 e. The van der Waals surface area contributed by atoms with E-state index in [4.69, 9.17) is 0 Å². The molecule has 0 radical (unpaired) electrons. The predicted octanol–water partition coefficient (Wildman–Crippen LogP) is 0.158. The average Bonchev–Trinajstić information content (AvgIpc) is 2.29. The Bertz CT molecular complexity index is 302. The molecule has 0 spiro atoms. The summed E-state index contributed by atoms with van der Waals surface area (Å²) >= 11 is 0. The lowest BCUT2D eigenvalue weighted by atomic mass is 10.3. The summed E-state index contributed by atoms with van der Waals surface area (Å²) in [5.74, 6) is -0.0355. The molecule has 15 heavy (non-hydrogen) atoms. The Kier molecular flexibility index (Phi) is 4.70. The maximum absolute atomic E-state index is 11.8. The smallest absolute Gasteiger partial charge is 0.256 e. The topological polar surface area (TPSA) is 58.1 Å². The number of aromatic nitrogens is 2. The number of carbonyl (C=O) groups is 1. The van der Waals surface area contributed by atoms with Gasteiger partial charge in [0.2, 0.25) is 0 Å². The lowest BCUT2D eigenvalue weighted by Gasteiger charge is -2.16. The van der Waals surface area contributed by atoms with E-state index in [0.29, 0.717) is 5.56 Å². The van der Waals surface area contributed by atoms with Crippen molar-refractivity contribution < 1.29 is 4.79 Å². The minimum Gasteiger partial charge on any atom is -0.342 e. The molecule has 0 atom stereocenters. The maximum Gasteiger partial charge on any atom is 0.256 e. The Morgan fingerprint density at radius 3 is 2.73 bits per heavy atom. The van der Waals surface area contributed by atoms with Crippen molar-refractivity contribution >= 4 is 5.91 Å². The third kappa shape index (κ3) is 3.63. The van der Waals surface area contributed by atoms with Gasteiger partial charge in [0.05, 0.1) is 5.56 Å². The number of rotatable bonds is 5. The van der Waals surface area contributed by atoms with E-state index < -0.39 is 0 Å². The van der Waals surface area contributed by atoms with Crippen molar-refractivity contribution in [2.24, 2.45) is 0 Å². The van der Waals surface area contributed by atoms with Gasteiger partial charge in [-0.15, -0.1) is 0 Å². The molecule has 5 heteroatoms.